The van der Waals surface area contributed by atoms with Crippen molar-refractivity contribution < 1.29 is 26.4 Å². The Morgan fingerprint density at radius 1 is 1.14 bits per heavy atom. The smallest absolute Gasteiger partial charge is 0.306 e. The fourth-order valence-corrected chi connectivity index (χ4v) is 7.61. The first kappa shape index (κ1) is 26.0. The normalized spacial score (nSPS) is 15.5. The van der Waals surface area contributed by atoms with Gasteiger partial charge in [-0.2, -0.15) is 0 Å². The number of hydrogen-bond acceptors (Lipinski definition) is 5. The van der Waals surface area contributed by atoms with Gasteiger partial charge in [-0.05, 0) is 65.0 Å². The third-order valence-corrected chi connectivity index (χ3v) is 10.2. The molecule has 1 aromatic rings. The molecule has 0 aliphatic carbocycles. The standard InChI is InChI=1S/C21H34FO5PS/c1-6-26-28(23,27-7-2)21(22,17-16-19(5)13-11-12-18(3)4)29(24,25)20-14-9-8-10-15-20/h8-10,12,14-15,19H,6-7,11,13,16-17H2,1-5H3. The molecule has 8 heteroatoms. The number of hydrogen-bond donors (Lipinski definition) is 0. The van der Waals surface area contributed by atoms with E-state index in [-0.39, 0.29) is 30.4 Å². The maximum Gasteiger partial charge on any atom is 0.383 e. The second-order valence-electron chi connectivity index (χ2n) is 7.34. The molecule has 2 atom stereocenters. The molecule has 1 aromatic carbocycles. The largest absolute Gasteiger partial charge is 0.383 e. The number of allylic oxidation sites excluding steroid dienone is 2. The second kappa shape index (κ2) is 11.4. The zero-order valence-corrected chi connectivity index (χ0v) is 19.8. The molecule has 0 aliphatic heterocycles. The van der Waals surface area contributed by atoms with Crippen LogP contribution in [0.4, 0.5) is 4.39 Å². The van der Waals surface area contributed by atoms with Crippen molar-refractivity contribution in [1.82, 2.24) is 0 Å². The van der Waals surface area contributed by atoms with Gasteiger partial charge in [-0.15, -0.1) is 0 Å². The fourth-order valence-electron chi connectivity index (χ4n) is 2.99. The average Bonchev–Trinajstić information content (AvgIpc) is 2.66. The van der Waals surface area contributed by atoms with E-state index in [1.807, 2.05) is 20.8 Å². The summed E-state index contributed by atoms with van der Waals surface area (Å²) in [4.78, 5) is -0.237. The molecule has 0 heterocycles. The van der Waals surface area contributed by atoms with Crippen LogP contribution < -0.4 is 0 Å². The zero-order chi connectivity index (χ0) is 22.1. The van der Waals surface area contributed by atoms with Gasteiger partial charge in [0.25, 0.3) is 0 Å². The number of benzene rings is 1. The summed E-state index contributed by atoms with van der Waals surface area (Å²) in [5, 5.41) is 0. The summed E-state index contributed by atoms with van der Waals surface area (Å²) < 4.78 is 63.4. The molecule has 166 valence electrons. The van der Waals surface area contributed by atoms with Gasteiger partial charge < -0.3 is 9.05 Å². The van der Waals surface area contributed by atoms with Crippen LogP contribution in [0.25, 0.3) is 0 Å². The van der Waals surface area contributed by atoms with Gasteiger partial charge in [-0.3, -0.25) is 4.57 Å². The topological polar surface area (TPSA) is 69.7 Å². The highest BCUT2D eigenvalue weighted by atomic mass is 32.2. The Labute approximate surface area is 175 Å². The molecule has 0 bridgehead atoms. The SMILES string of the molecule is CCOP(=O)(OCC)C(F)(CCC(C)CCC=C(C)C)S(=O)(=O)c1ccccc1. The molecule has 5 nitrogen and oxygen atoms in total. The number of sulfone groups is 1. The van der Waals surface area contributed by atoms with Gasteiger partial charge in [0.2, 0.25) is 9.84 Å². The molecule has 0 saturated heterocycles. The van der Waals surface area contributed by atoms with Crippen LogP contribution in [0.5, 0.6) is 0 Å². The second-order valence-corrected chi connectivity index (χ2v) is 12.0. The van der Waals surface area contributed by atoms with Crippen LogP contribution in [-0.4, -0.2) is 26.4 Å². The van der Waals surface area contributed by atoms with E-state index in [1.165, 1.54) is 43.7 Å². The molecule has 0 saturated carbocycles. The highest BCUT2D eigenvalue weighted by molar-refractivity contribution is 7.99. The van der Waals surface area contributed by atoms with Crippen molar-refractivity contribution in [2.45, 2.75) is 69.9 Å². The Bertz CT molecular complexity index is 796. The third kappa shape index (κ3) is 6.48. The van der Waals surface area contributed by atoms with Crippen molar-refractivity contribution >= 4 is 17.4 Å². The van der Waals surface area contributed by atoms with E-state index in [1.54, 1.807) is 6.07 Å². The molecule has 1 rings (SSSR count). The van der Waals surface area contributed by atoms with Crippen molar-refractivity contribution in [1.29, 1.82) is 0 Å². The molecule has 29 heavy (non-hydrogen) atoms. The van der Waals surface area contributed by atoms with Crippen molar-refractivity contribution in [3.8, 4) is 0 Å². The van der Waals surface area contributed by atoms with Crippen LogP contribution in [0.3, 0.4) is 0 Å². The predicted molar refractivity (Wildman–Crippen MR) is 115 cm³/mol. The number of halogens is 1. The Hall–Kier alpha value is -1.01. The van der Waals surface area contributed by atoms with E-state index in [9.17, 15) is 13.0 Å². The minimum Gasteiger partial charge on any atom is -0.306 e. The lowest BCUT2D eigenvalue weighted by Gasteiger charge is -2.32. The summed E-state index contributed by atoms with van der Waals surface area (Å²) in [5.74, 6) is 0.0448. The van der Waals surface area contributed by atoms with E-state index in [0.29, 0.717) is 0 Å². The number of rotatable bonds is 13. The Kier molecular flexibility index (Phi) is 10.2. The lowest BCUT2D eigenvalue weighted by molar-refractivity contribution is 0.168. The molecular formula is C21H34FO5PS. The van der Waals surface area contributed by atoms with E-state index < -0.39 is 28.6 Å². The summed E-state index contributed by atoms with van der Waals surface area (Å²) in [7, 11) is -9.22. The molecule has 0 spiro atoms. The van der Waals surface area contributed by atoms with E-state index >= 15 is 4.39 Å². The Balaban J connectivity index is 3.28. The Morgan fingerprint density at radius 3 is 2.17 bits per heavy atom. The van der Waals surface area contributed by atoms with Crippen LogP contribution >= 0.6 is 7.60 Å². The predicted octanol–water partition coefficient (Wildman–Crippen LogP) is 6.51. The van der Waals surface area contributed by atoms with Crippen molar-refractivity contribution in [3.05, 3.63) is 42.0 Å². The molecule has 0 radical (unpaired) electrons. The maximum absolute atomic E-state index is 16.4. The average molecular weight is 449 g/mol. The summed E-state index contributed by atoms with van der Waals surface area (Å²) in [6.07, 6.45) is 3.47. The summed E-state index contributed by atoms with van der Waals surface area (Å²) in [5.41, 5.74) is 1.20. The Morgan fingerprint density at radius 2 is 1.69 bits per heavy atom. The highest BCUT2D eigenvalue weighted by Crippen LogP contribution is 2.66. The first-order valence-corrected chi connectivity index (χ1v) is 13.1. The van der Waals surface area contributed by atoms with Gasteiger partial charge in [0.1, 0.15) is 0 Å². The number of alkyl halides is 1. The van der Waals surface area contributed by atoms with Crippen molar-refractivity contribution in [2.75, 3.05) is 13.2 Å². The van der Waals surface area contributed by atoms with Crippen LogP contribution in [0.1, 0.15) is 60.3 Å². The summed E-state index contributed by atoms with van der Waals surface area (Å²) >= 11 is 0. The molecule has 0 fully saturated rings. The van der Waals surface area contributed by atoms with Gasteiger partial charge in [0, 0.05) is 6.42 Å². The first-order chi connectivity index (χ1) is 13.5. The minimum atomic E-state index is -4.62. The van der Waals surface area contributed by atoms with Gasteiger partial charge in [-0.25, -0.2) is 12.8 Å². The van der Waals surface area contributed by atoms with Crippen molar-refractivity contribution in [3.63, 3.8) is 0 Å². The van der Waals surface area contributed by atoms with Gasteiger partial charge in [0.05, 0.1) is 18.1 Å². The molecule has 0 amide bonds. The molecular weight excluding hydrogens is 414 g/mol. The maximum atomic E-state index is 16.4. The molecule has 0 aliphatic rings. The van der Waals surface area contributed by atoms with Crippen LogP contribution in [-0.2, 0) is 23.4 Å². The molecule has 0 aromatic heterocycles. The van der Waals surface area contributed by atoms with Crippen LogP contribution in [0.2, 0.25) is 0 Å². The quantitative estimate of drug-likeness (QED) is 0.254. The lowest BCUT2D eigenvalue weighted by atomic mass is 9.99. The third-order valence-electron chi connectivity index (χ3n) is 4.63. The van der Waals surface area contributed by atoms with E-state index in [0.717, 1.165) is 12.8 Å². The summed E-state index contributed by atoms with van der Waals surface area (Å²) in [6.45, 7) is 8.76. The highest BCUT2D eigenvalue weighted by Gasteiger charge is 2.62. The molecule has 0 N–H and O–H groups in total. The first-order valence-electron chi connectivity index (χ1n) is 10.0. The van der Waals surface area contributed by atoms with Gasteiger partial charge >= 0.3 is 12.3 Å². The summed E-state index contributed by atoms with van der Waals surface area (Å²) in [6, 6.07) is 7.23. The van der Waals surface area contributed by atoms with E-state index in [4.69, 9.17) is 9.05 Å². The van der Waals surface area contributed by atoms with E-state index in [2.05, 4.69) is 6.08 Å². The van der Waals surface area contributed by atoms with Gasteiger partial charge in [-0.1, -0.05) is 36.8 Å². The van der Waals surface area contributed by atoms with Crippen LogP contribution in [0, 0.1) is 5.92 Å². The minimum absolute atomic E-state index is 0.0448. The van der Waals surface area contributed by atoms with Gasteiger partial charge in [0.15, 0.2) is 0 Å². The lowest BCUT2D eigenvalue weighted by Crippen LogP contribution is -2.36. The molecule has 2 unspecified atom stereocenters. The van der Waals surface area contributed by atoms with Crippen LogP contribution in [0.15, 0.2) is 46.9 Å². The zero-order valence-electron chi connectivity index (χ0n) is 18.1. The monoisotopic (exact) mass is 448 g/mol. The van der Waals surface area contributed by atoms with Crippen molar-refractivity contribution in [2.24, 2.45) is 5.92 Å². The fraction of sp³-hybridized carbons (Fsp3) is 0.619.